The number of halogens is 1. The molecule has 0 unspecified atom stereocenters. The number of nitrogen functional groups attached to an aromatic ring is 2. The van der Waals surface area contributed by atoms with Gasteiger partial charge in [-0.15, -0.1) is 0 Å². The molecule has 0 aliphatic carbocycles. The SMILES string of the molecule is CCN(C)Nc1nc(Cl)c(-c2cc(N)cc(C(=O)NCc3ccccc3)c2)n(CC(=O)NCc2ccc(C(=N)N)cc2)c1=O. The van der Waals surface area contributed by atoms with E-state index in [-0.39, 0.29) is 46.2 Å². The van der Waals surface area contributed by atoms with Crippen LogP contribution in [0.1, 0.15) is 34.0 Å². The molecule has 0 bridgehead atoms. The monoisotopic (exact) mass is 615 g/mol. The van der Waals surface area contributed by atoms with Gasteiger partial charge in [-0.3, -0.25) is 29.8 Å². The van der Waals surface area contributed by atoms with Crippen LogP contribution < -0.4 is 33.1 Å². The summed E-state index contributed by atoms with van der Waals surface area (Å²) in [5, 5.41) is 14.8. The molecular weight excluding hydrogens is 582 g/mol. The van der Waals surface area contributed by atoms with E-state index in [1.165, 1.54) is 10.6 Å². The lowest BCUT2D eigenvalue weighted by Crippen LogP contribution is -2.37. The maximum Gasteiger partial charge on any atom is 0.295 e. The van der Waals surface area contributed by atoms with Gasteiger partial charge >= 0.3 is 0 Å². The van der Waals surface area contributed by atoms with Crippen LogP contribution in [-0.4, -0.2) is 45.8 Å². The highest BCUT2D eigenvalue weighted by molar-refractivity contribution is 6.32. The summed E-state index contributed by atoms with van der Waals surface area (Å²) in [7, 11) is 1.73. The Morgan fingerprint density at radius 3 is 2.30 bits per heavy atom. The number of hydrogen-bond acceptors (Lipinski definition) is 8. The highest BCUT2D eigenvalue weighted by atomic mass is 35.5. The molecule has 0 radical (unpaired) electrons. The average Bonchev–Trinajstić information content (AvgIpc) is 3.01. The van der Waals surface area contributed by atoms with Crippen LogP contribution in [0.4, 0.5) is 11.5 Å². The fraction of sp³-hybridized carbons (Fsp3) is 0.194. The smallest absolute Gasteiger partial charge is 0.295 e. The summed E-state index contributed by atoms with van der Waals surface area (Å²) >= 11 is 6.66. The standard InChI is InChI=1S/C31H34ClN9O3/c1-3-40(2)39-29-31(44)41(18-25(42)36-16-20-9-11-21(12-10-20)28(34)35)26(27(32)38-29)22-13-23(15-24(33)14-22)30(43)37-17-19-7-5-4-6-8-19/h4-15H,3,16-18,33H2,1-2H3,(H3,34,35)(H,36,42)(H,37,43)(H,38,39). The molecule has 0 atom stereocenters. The fourth-order valence-electron chi connectivity index (χ4n) is 4.30. The second-order valence-corrected chi connectivity index (χ2v) is 10.4. The minimum Gasteiger partial charge on any atom is -0.399 e. The Balaban J connectivity index is 1.66. The zero-order chi connectivity index (χ0) is 31.8. The topological polar surface area (TPSA) is 184 Å². The molecule has 0 saturated carbocycles. The van der Waals surface area contributed by atoms with Crippen LogP contribution >= 0.6 is 11.6 Å². The van der Waals surface area contributed by atoms with Crippen LogP contribution in [0.2, 0.25) is 5.15 Å². The molecule has 12 nitrogen and oxygen atoms in total. The van der Waals surface area contributed by atoms with Crippen molar-refractivity contribution in [3.05, 3.63) is 111 Å². The molecule has 44 heavy (non-hydrogen) atoms. The highest BCUT2D eigenvalue weighted by Crippen LogP contribution is 2.29. The second-order valence-electron chi connectivity index (χ2n) is 10.0. The zero-order valence-electron chi connectivity index (χ0n) is 24.4. The van der Waals surface area contributed by atoms with Crippen molar-refractivity contribution in [3.8, 4) is 11.3 Å². The van der Waals surface area contributed by atoms with E-state index in [0.717, 1.165) is 11.1 Å². The van der Waals surface area contributed by atoms with Gasteiger partial charge in [0.1, 0.15) is 12.4 Å². The van der Waals surface area contributed by atoms with Gasteiger partial charge in [0.25, 0.3) is 11.5 Å². The van der Waals surface area contributed by atoms with Crippen molar-refractivity contribution in [2.45, 2.75) is 26.6 Å². The summed E-state index contributed by atoms with van der Waals surface area (Å²) in [4.78, 5) is 44.2. The largest absolute Gasteiger partial charge is 0.399 e. The molecule has 3 aromatic carbocycles. The normalized spacial score (nSPS) is 10.8. The van der Waals surface area contributed by atoms with Gasteiger partial charge in [0.15, 0.2) is 5.15 Å². The molecule has 0 spiro atoms. The number of rotatable bonds is 12. The number of nitrogens with two attached hydrogens (primary N) is 2. The van der Waals surface area contributed by atoms with E-state index >= 15 is 0 Å². The Bertz CT molecular complexity index is 1720. The van der Waals surface area contributed by atoms with Gasteiger partial charge in [0.05, 0.1) is 5.69 Å². The van der Waals surface area contributed by atoms with Crippen molar-refractivity contribution in [3.63, 3.8) is 0 Å². The summed E-state index contributed by atoms with van der Waals surface area (Å²) in [6.07, 6.45) is 0. The van der Waals surface area contributed by atoms with E-state index in [4.69, 9.17) is 28.5 Å². The first-order valence-corrected chi connectivity index (χ1v) is 14.1. The average molecular weight is 616 g/mol. The van der Waals surface area contributed by atoms with Crippen molar-refractivity contribution in [1.29, 1.82) is 5.41 Å². The predicted molar refractivity (Wildman–Crippen MR) is 172 cm³/mol. The summed E-state index contributed by atoms with van der Waals surface area (Å²) in [5.74, 6) is -0.971. The molecule has 0 aliphatic heterocycles. The van der Waals surface area contributed by atoms with Crippen molar-refractivity contribution in [2.75, 3.05) is 24.8 Å². The Morgan fingerprint density at radius 1 is 0.977 bits per heavy atom. The minimum absolute atomic E-state index is 0.0569. The molecule has 2 amide bonds. The fourth-order valence-corrected chi connectivity index (χ4v) is 4.60. The van der Waals surface area contributed by atoms with E-state index in [1.807, 2.05) is 37.3 Å². The molecule has 0 aliphatic rings. The number of carbonyl (C=O) groups excluding carboxylic acids is 2. The predicted octanol–water partition coefficient (Wildman–Crippen LogP) is 2.95. The lowest BCUT2D eigenvalue weighted by molar-refractivity contribution is -0.121. The number of hydrogen-bond donors (Lipinski definition) is 6. The molecule has 1 aromatic heterocycles. The van der Waals surface area contributed by atoms with Gasteiger partial charge in [-0.2, -0.15) is 0 Å². The number of amidine groups is 1. The lowest BCUT2D eigenvalue weighted by atomic mass is 10.1. The second kappa shape index (κ2) is 14.3. The van der Waals surface area contributed by atoms with E-state index in [9.17, 15) is 14.4 Å². The molecule has 13 heteroatoms. The van der Waals surface area contributed by atoms with Crippen LogP contribution in [-0.2, 0) is 24.4 Å². The van der Waals surface area contributed by atoms with Crippen LogP contribution in [0.15, 0.2) is 77.6 Å². The van der Waals surface area contributed by atoms with Gasteiger partial charge in [-0.25, -0.2) is 9.99 Å². The van der Waals surface area contributed by atoms with Crippen LogP contribution in [0.5, 0.6) is 0 Å². The maximum absolute atomic E-state index is 13.7. The number of nitrogens with one attached hydrogen (secondary N) is 4. The molecule has 1 heterocycles. The third-order valence-corrected chi connectivity index (χ3v) is 7.00. The van der Waals surface area contributed by atoms with Crippen molar-refractivity contribution < 1.29 is 9.59 Å². The number of aromatic nitrogens is 2. The quantitative estimate of drug-likeness (QED) is 0.0608. The first-order chi connectivity index (χ1) is 21.0. The van der Waals surface area contributed by atoms with Gasteiger partial charge in [0.2, 0.25) is 11.7 Å². The van der Waals surface area contributed by atoms with E-state index in [2.05, 4.69) is 21.0 Å². The number of hydrazine groups is 1. The molecule has 0 fully saturated rings. The summed E-state index contributed by atoms with van der Waals surface area (Å²) in [5.41, 5.74) is 17.2. The van der Waals surface area contributed by atoms with Gasteiger partial charge < -0.3 is 22.1 Å². The number of benzene rings is 3. The van der Waals surface area contributed by atoms with Gasteiger partial charge in [-0.05, 0) is 29.3 Å². The van der Waals surface area contributed by atoms with Crippen LogP contribution in [0, 0.1) is 5.41 Å². The van der Waals surface area contributed by atoms with Gasteiger partial charge in [0, 0.05) is 49.1 Å². The van der Waals surface area contributed by atoms with Gasteiger partial charge in [-0.1, -0.05) is 73.1 Å². The third-order valence-electron chi connectivity index (χ3n) is 6.74. The van der Waals surface area contributed by atoms with Crippen molar-refractivity contribution in [1.82, 2.24) is 25.2 Å². The minimum atomic E-state index is -0.594. The third kappa shape index (κ3) is 8.00. The number of anilines is 2. The van der Waals surface area contributed by atoms with Crippen molar-refractivity contribution in [2.24, 2.45) is 5.73 Å². The molecule has 4 aromatic rings. The first kappa shape index (κ1) is 31.7. The first-order valence-electron chi connectivity index (χ1n) is 13.8. The number of nitrogens with zero attached hydrogens (tertiary/aromatic N) is 3. The van der Waals surface area contributed by atoms with E-state index in [1.54, 1.807) is 48.5 Å². The van der Waals surface area contributed by atoms with E-state index in [0.29, 0.717) is 24.2 Å². The molecule has 0 saturated heterocycles. The van der Waals surface area contributed by atoms with E-state index < -0.39 is 18.0 Å². The lowest BCUT2D eigenvalue weighted by Gasteiger charge is -2.20. The number of amides is 2. The Labute approximate surface area is 259 Å². The number of carbonyl (C=O) groups is 2. The summed E-state index contributed by atoms with van der Waals surface area (Å²) in [6.45, 7) is 2.53. The highest BCUT2D eigenvalue weighted by Gasteiger charge is 2.21. The zero-order valence-corrected chi connectivity index (χ0v) is 25.1. The molecule has 4 rings (SSSR count). The van der Waals surface area contributed by atoms with Crippen molar-refractivity contribution >= 4 is 40.8 Å². The summed E-state index contributed by atoms with van der Waals surface area (Å²) in [6, 6.07) is 20.9. The van der Waals surface area contributed by atoms with Crippen LogP contribution in [0.3, 0.4) is 0 Å². The Hall–Kier alpha value is -5.20. The summed E-state index contributed by atoms with van der Waals surface area (Å²) < 4.78 is 1.20. The Kier molecular flexibility index (Phi) is 10.3. The molecular formula is C31H34ClN9O3. The maximum atomic E-state index is 13.7. The Morgan fingerprint density at radius 2 is 1.64 bits per heavy atom. The molecule has 8 N–H and O–H groups in total. The van der Waals surface area contributed by atoms with Crippen LogP contribution in [0.25, 0.3) is 11.3 Å². The molecule has 228 valence electrons.